The molecule has 1 aliphatic rings. The van der Waals surface area contributed by atoms with E-state index in [0.717, 1.165) is 16.9 Å². The summed E-state index contributed by atoms with van der Waals surface area (Å²) in [5.41, 5.74) is 2.85. The highest BCUT2D eigenvalue weighted by Gasteiger charge is 2.37. The molecule has 0 aromatic carbocycles. The molecular weight excluding hydrogens is 292 g/mol. The van der Waals surface area contributed by atoms with Crippen LogP contribution in [-0.2, 0) is 11.3 Å². The average Bonchev–Trinajstić information content (AvgIpc) is 2.94. The SMILES string of the molecule is CCCC1NC(=O)N(Cc2cc(C(=O)NN)sc2C)C1=O. The van der Waals surface area contributed by atoms with Crippen molar-refractivity contribution in [3.63, 3.8) is 0 Å². The molecule has 114 valence electrons. The molecule has 7 nitrogen and oxygen atoms in total. The van der Waals surface area contributed by atoms with E-state index in [-0.39, 0.29) is 24.4 Å². The molecule has 0 aliphatic carbocycles. The molecule has 1 saturated heterocycles. The Kier molecular flexibility index (Phi) is 4.59. The number of urea groups is 1. The zero-order valence-corrected chi connectivity index (χ0v) is 12.8. The molecule has 1 aromatic heterocycles. The van der Waals surface area contributed by atoms with Crippen LogP contribution in [0.25, 0.3) is 0 Å². The second-order valence-electron chi connectivity index (χ2n) is 4.88. The van der Waals surface area contributed by atoms with Crippen LogP contribution in [0.3, 0.4) is 0 Å². The quantitative estimate of drug-likeness (QED) is 0.325. The fourth-order valence-electron chi connectivity index (χ4n) is 2.24. The second-order valence-corrected chi connectivity index (χ2v) is 6.14. The van der Waals surface area contributed by atoms with E-state index in [4.69, 9.17) is 5.84 Å². The van der Waals surface area contributed by atoms with Gasteiger partial charge in [-0.15, -0.1) is 11.3 Å². The zero-order valence-electron chi connectivity index (χ0n) is 11.9. The number of carbonyl (C=O) groups excluding carboxylic acids is 3. The van der Waals surface area contributed by atoms with Gasteiger partial charge in [0.05, 0.1) is 11.4 Å². The van der Waals surface area contributed by atoms with E-state index >= 15 is 0 Å². The maximum atomic E-state index is 12.2. The van der Waals surface area contributed by atoms with Gasteiger partial charge in [0.15, 0.2) is 0 Å². The van der Waals surface area contributed by atoms with Gasteiger partial charge in [0.25, 0.3) is 11.8 Å². The Morgan fingerprint density at radius 1 is 1.52 bits per heavy atom. The van der Waals surface area contributed by atoms with Crippen LogP contribution in [0.15, 0.2) is 6.07 Å². The molecule has 4 N–H and O–H groups in total. The number of rotatable bonds is 5. The molecule has 2 heterocycles. The first-order valence-electron chi connectivity index (χ1n) is 6.70. The number of hydrogen-bond donors (Lipinski definition) is 3. The average molecular weight is 310 g/mol. The van der Waals surface area contributed by atoms with Crippen LogP contribution in [0.5, 0.6) is 0 Å². The van der Waals surface area contributed by atoms with Gasteiger partial charge in [-0.1, -0.05) is 13.3 Å². The van der Waals surface area contributed by atoms with Crippen LogP contribution < -0.4 is 16.6 Å². The largest absolute Gasteiger partial charge is 0.326 e. The zero-order chi connectivity index (χ0) is 15.6. The minimum absolute atomic E-state index is 0.172. The third-order valence-electron chi connectivity index (χ3n) is 3.39. The van der Waals surface area contributed by atoms with Crippen molar-refractivity contribution in [1.82, 2.24) is 15.6 Å². The number of hydrogen-bond acceptors (Lipinski definition) is 5. The fourth-order valence-corrected chi connectivity index (χ4v) is 3.18. The monoisotopic (exact) mass is 310 g/mol. The number of nitrogen functional groups attached to an aromatic ring is 1. The maximum Gasteiger partial charge on any atom is 0.325 e. The summed E-state index contributed by atoms with van der Waals surface area (Å²) in [6, 6.07) is 0.845. The van der Waals surface area contributed by atoms with Crippen LogP contribution >= 0.6 is 11.3 Å². The van der Waals surface area contributed by atoms with Crippen molar-refractivity contribution in [2.24, 2.45) is 5.84 Å². The Balaban J connectivity index is 2.15. The van der Waals surface area contributed by atoms with Crippen molar-refractivity contribution in [2.45, 2.75) is 39.3 Å². The summed E-state index contributed by atoms with van der Waals surface area (Å²) in [5.74, 6) is 4.51. The number of aryl methyl sites for hydroxylation is 1. The lowest BCUT2D eigenvalue weighted by molar-refractivity contribution is -0.128. The van der Waals surface area contributed by atoms with Gasteiger partial charge in [-0.25, -0.2) is 10.6 Å². The molecule has 0 saturated carbocycles. The van der Waals surface area contributed by atoms with Gasteiger partial charge < -0.3 is 5.32 Å². The van der Waals surface area contributed by atoms with Crippen LogP contribution in [0, 0.1) is 6.92 Å². The van der Waals surface area contributed by atoms with Gasteiger partial charge in [-0.3, -0.25) is 19.9 Å². The van der Waals surface area contributed by atoms with E-state index in [9.17, 15) is 14.4 Å². The van der Waals surface area contributed by atoms with Gasteiger partial charge in [-0.05, 0) is 25.0 Å². The number of nitrogens with zero attached hydrogens (tertiary/aromatic N) is 1. The summed E-state index contributed by atoms with van der Waals surface area (Å²) >= 11 is 1.28. The first-order chi connectivity index (χ1) is 9.97. The Morgan fingerprint density at radius 2 is 2.24 bits per heavy atom. The molecule has 1 fully saturated rings. The van der Waals surface area contributed by atoms with Crippen molar-refractivity contribution >= 4 is 29.2 Å². The molecule has 21 heavy (non-hydrogen) atoms. The number of thiophene rings is 1. The first-order valence-corrected chi connectivity index (χ1v) is 7.51. The highest BCUT2D eigenvalue weighted by Crippen LogP contribution is 2.24. The minimum atomic E-state index is -0.437. The third-order valence-corrected chi connectivity index (χ3v) is 4.48. The van der Waals surface area contributed by atoms with Gasteiger partial charge in [-0.2, -0.15) is 0 Å². The highest BCUT2D eigenvalue weighted by atomic mass is 32.1. The summed E-state index contributed by atoms with van der Waals surface area (Å²) in [6.45, 7) is 3.98. The Morgan fingerprint density at radius 3 is 2.86 bits per heavy atom. The fraction of sp³-hybridized carbons (Fsp3) is 0.462. The van der Waals surface area contributed by atoms with Gasteiger partial charge in [0.2, 0.25) is 0 Å². The Hall–Kier alpha value is -1.93. The van der Waals surface area contributed by atoms with Crippen LogP contribution in [0.2, 0.25) is 0 Å². The summed E-state index contributed by atoms with van der Waals surface area (Å²) in [4.78, 5) is 38.1. The Labute approximate surface area is 126 Å². The van der Waals surface area contributed by atoms with E-state index in [0.29, 0.717) is 11.3 Å². The number of imide groups is 1. The normalized spacial score (nSPS) is 18.0. The van der Waals surface area contributed by atoms with Crippen LogP contribution in [0.1, 0.15) is 39.9 Å². The molecule has 1 atom stereocenters. The van der Waals surface area contributed by atoms with Gasteiger partial charge >= 0.3 is 6.03 Å². The van der Waals surface area contributed by atoms with E-state index in [1.54, 1.807) is 6.07 Å². The summed E-state index contributed by atoms with van der Waals surface area (Å²) < 4.78 is 0. The van der Waals surface area contributed by atoms with E-state index in [2.05, 4.69) is 10.7 Å². The first kappa shape index (κ1) is 15.5. The molecule has 1 aliphatic heterocycles. The molecule has 8 heteroatoms. The lowest BCUT2D eigenvalue weighted by Crippen LogP contribution is -2.31. The highest BCUT2D eigenvalue weighted by molar-refractivity contribution is 7.14. The lowest BCUT2D eigenvalue weighted by atomic mass is 10.1. The van der Waals surface area contributed by atoms with Crippen molar-refractivity contribution < 1.29 is 14.4 Å². The molecule has 2 rings (SSSR count). The summed E-state index contributed by atoms with van der Waals surface area (Å²) in [5, 5.41) is 2.68. The van der Waals surface area contributed by atoms with Gasteiger partial charge in [0.1, 0.15) is 6.04 Å². The maximum absolute atomic E-state index is 12.2. The number of nitrogens with one attached hydrogen (secondary N) is 2. The van der Waals surface area contributed by atoms with Gasteiger partial charge in [0, 0.05) is 4.88 Å². The molecule has 1 unspecified atom stereocenters. The van der Waals surface area contributed by atoms with Crippen LogP contribution in [0.4, 0.5) is 4.79 Å². The molecule has 0 radical (unpaired) electrons. The van der Waals surface area contributed by atoms with E-state index in [1.165, 1.54) is 16.2 Å². The predicted octanol–water partition coefficient (Wildman–Crippen LogP) is 0.881. The standard InChI is InChI=1S/C13H18N4O3S/c1-3-4-9-12(19)17(13(20)15-9)6-8-5-10(11(18)16-14)21-7(8)2/h5,9H,3-4,6,14H2,1-2H3,(H,15,20)(H,16,18). The van der Waals surface area contributed by atoms with Crippen LogP contribution in [-0.4, -0.2) is 28.8 Å². The summed E-state index contributed by atoms with van der Waals surface area (Å²) in [6.07, 6.45) is 1.45. The van der Waals surface area contributed by atoms with Crippen molar-refractivity contribution in [3.8, 4) is 0 Å². The molecular formula is C13H18N4O3S. The number of carbonyl (C=O) groups is 3. The van der Waals surface area contributed by atoms with Crippen molar-refractivity contribution in [3.05, 3.63) is 21.4 Å². The van der Waals surface area contributed by atoms with Crippen molar-refractivity contribution in [1.29, 1.82) is 0 Å². The lowest BCUT2D eigenvalue weighted by Gasteiger charge is -2.12. The summed E-state index contributed by atoms with van der Waals surface area (Å²) in [7, 11) is 0. The molecule has 0 spiro atoms. The minimum Gasteiger partial charge on any atom is -0.326 e. The van der Waals surface area contributed by atoms with E-state index in [1.807, 2.05) is 13.8 Å². The smallest absolute Gasteiger partial charge is 0.325 e. The predicted molar refractivity (Wildman–Crippen MR) is 78.5 cm³/mol. The molecule has 0 bridgehead atoms. The number of nitrogens with two attached hydrogens (primary N) is 1. The second kappa shape index (κ2) is 6.23. The Bertz CT molecular complexity index is 584. The van der Waals surface area contributed by atoms with E-state index < -0.39 is 6.04 Å². The third kappa shape index (κ3) is 3.06. The number of hydrazine groups is 1. The van der Waals surface area contributed by atoms with Crippen molar-refractivity contribution in [2.75, 3.05) is 0 Å². The molecule has 1 aromatic rings. The molecule has 4 amide bonds. The topological polar surface area (TPSA) is 105 Å². The number of amides is 4.